The highest BCUT2D eigenvalue weighted by atomic mass is 14.9. The maximum absolute atomic E-state index is 4.22. The van der Waals surface area contributed by atoms with E-state index in [2.05, 4.69) is 143 Å². The molecule has 0 unspecified atom stereocenters. The minimum atomic E-state index is 0. The fourth-order valence-electron chi connectivity index (χ4n) is 5.35. The van der Waals surface area contributed by atoms with Crippen molar-refractivity contribution < 1.29 is 2.85 Å². The lowest BCUT2D eigenvalue weighted by Crippen LogP contribution is -1.97. The highest BCUT2D eigenvalue weighted by Gasteiger charge is 2.10. The van der Waals surface area contributed by atoms with Crippen molar-refractivity contribution >= 4 is 32.7 Å². The number of pyridine rings is 1. The van der Waals surface area contributed by atoms with Gasteiger partial charge in [0.1, 0.15) is 0 Å². The molecule has 49 heavy (non-hydrogen) atoms. The minimum Gasteiger partial charge on any atom is -0.359 e. The van der Waals surface area contributed by atoms with Gasteiger partial charge in [0.2, 0.25) is 0 Å². The summed E-state index contributed by atoms with van der Waals surface area (Å²) in [5.74, 6) is 1.80. The zero-order chi connectivity index (χ0) is 37.8. The van der Waals surface area contributed by atoms with Crippen LogP contribution in [0.25, 0.3) is 32.7 Å². The molecule has 4 nitrogen and oxygen atoms in total. The van der Waals surface area contributed by atoms with Crippen molar-refractivity contribution in [2.75, 3.05) is 0 Å². The smallest absolute Gasteiger partial charge is 0.0642 e. The average Bonchev–Trinajstić information content (AvgIpc) is 3.81. The maximum Gasteiger partial charge on any atom is 0.0642 e. The van der Waals surface area contributed by atoms with Crippen LogP contribution in [0.3, 0.4) is 0 Å². The average molecular weight is 673 g/mol. The first kappa shape index (κ1) is 45.2. The minimum absolute atomic E-state index is 0. The van der Waals surface area contributed by atoms with Crippen LogP contribution >= 0.6 is 0 Å². The Morgan fingerprint density at radius 2 is 1.14 bits per heavy atom. The Balaban J connectivity index is -0.000000609. The van der Waals surface area contributed by atoms with Gasteiger partial charge in [0, 0.05) is 54.5 Å². The molecule has 0 amide bonds. The quantitative estimate of drug-likeness (QED) is 0.192. The first-order valence-electron chi connectivity index (χ1n) is 19.1. The third kappa shape index (κ3) is 13.2. The van der Waals surface area contributed by atoms with Gasteiger partial charge >= 0.3 is 0 Å². The van der Waals surface area contributed by atoms with Gasteiger partial charge in [0.25, 0.3) is 0 Å². The van der Waals surface area contributed by atoms with E-state index in [0.717, 1.165) is 17.6 Å². The van der Waals surface area contributed by atoms with Crippen molar-refractivity contribution in [3.63, 3.8) is 0 Å². The summed E-state index contributed by atoms with van der Waals surface area (Å²) in [5, 5.41) is 3.96. The summed E-state index contributed by atoms with van der Waals surface area (Å²) < 4.78 is 2.31. The Hall–Kier alpha value is -3.79. The predicted octanol–water partition coefficient (Wildman–Crippen LogP) is 15.1. The molecule has 0 atom stereocenters. The summed E-state index contributed by atoms with van der Waals surface area (Å²) in [6, 6.07) is 22.3. The van der Waals surface area contributed by atoms with Crippen LogP contribution in [0.15, 0.2) is 66.9 Å². The molecule has 0 bridgehead atoms. The number of hydrogen-bond acceptors (Lipinski definition) is 1. The lowest BCUT2D eigenvalue weighted by molar-refractivity contribution is 0.755. The summed E-state index contributed by atoms with van der Waals surface area (Å²) in [6.45, 7) is 35.7. The molecule has 0 saturated heterocycles. The van der Waals surface area contributed by atoms with Crippen molar-refractivity contribution in [1.29, 1.82) is 0 Å². The van der Waals surface area contributed by atoms with Crippen LogP contribution in [-0.2, 0) is 13.5 Å². The van der Waals surface area contributed by atoms with Crippen molar-refractivity contribution in [2.45, 2.75) is 142 Å². The number of aryl methyl sites for hydroxylation is 4. The molecule has 0 saturated carbocycles. The summed E-state index contributed by atoms with van der Waals surface area (Å²) in [6.07, 6.45) is 2.94. The van der Waals surface area contributed by atoms with Crippen LogP contribution in [0.2, 0.25) is 0 Å². The van der Waals surface area contributed by atoms with Gasteiger partial charge in [-0.3, -0.25) is 4.98 Å². The van der Waals surface area contributed by atoms with E-state index < -0.39 is 0 Å². The molecule has 4 heterocycles. The SMILES string of the molecule is CC.CC.CC.CC.CC(C)c1ccc2c(c1)cc(C(C)C)n2C.CCc1cc2cc(C)ncc2[nH]1.Cc1cc2cc(C(C)C)ccc2[nH]1.[HH].[HH]. The Morgan fingerprint density at radius 3 is 1.67 bits per heavy atom. The Labute approximate surface area is 304 Å². The zero-order valence-electron chi connectivity index (χ0n) is 34.7. The summed E-state index contributed by atoms with van der Waals surface area (Å²) in [7, 11) is 2.16. The number of rotatable bonds is 4. The van der Waals surface area contributed by atoms with E-state index in [1.807, 2.05) is 68.5 Å². The molecule has 4 heteroatoms. The van der Waals surface area contributed by atoms with Gasteiger partial charge in [0.05, 0.1) is 11.7 Å². The van der Waals surface area contributed by atoms with Gasteiger partial charge in [-0.1, -0.05) is 116 Å². The highest BCUT2D eigenvalue weighted by molar-refractivity contribution is 5.83. The fourth-order valence-corrected chi connectivity index (χ4v) is 5.35. The van der Waals surface area contributed by atoms with Crippen LogP contribution in [0, 0.1) is 13.8 Å². The van der Waals surface area contributed by atoms with Crippen molar-refractivity contribution in [3.8, 4) is 0 Å². The second-order valence-corrected chi connectivity index (χ2v) is 12.3. The molecule has 0 aliphatic carbocycles. The molecule has 0 spiro atoms. The number of benzene rings is 2. The summed E-state index contributed by atoms with van der Waals surface area (Å²) in [5.41, 5.74) is 11.5. The van der Waals surface area contributed by atoms with Crippen LogP contribution in [0.1, 0.15) is 158 Å². The summed E-state index contributed by atoms with van der Waals surface area (Å²) in [4.78, 5) is 10.9. The maximum atomic E-state index is 4.22. The Morgan fingerprint density at radius 1 is 0.612 bits per heavy atom. The van der Waals surface area contributed by atoms with Crippen LogP contribution in [-0.4, -0.2) is 19.5 Å². The first-order valence-corrected chi connectivity index (χ1v) is 19.1. The number of H-pyrrole nitrogens is 2. The van der Waals surface area contributed by atoms with Crippen LogP contribution < -0.4 is 0 Å². The predicted molar refractivity (Wildman–Crippen MR) is 228 cm³/mol. The molecule has 276 valence electrons. The topological polar surface area (TPSA) is 49.4 Å². The second kappa shape index (κ2) is 23.5. The fraction of sp³-hybridized carbons (Fsp3) is 0.489. The molecule has 6 aromatic rings. The van der Waals surface area contributed by atoms with Crippen molar-refractivity contribution in [1.82, 2.24) is 19.5 Å². The molecular weight excluding hydrogens is 597 g/mol. The van der Waals surface area contributed by atoms with Gasteiger partial charge in [0.15, 0.2) is 0 Å². The molecule has 2 N–H and O–H groups in total. The highest BCUT2D eigenvalue weighted by Crippen LogP contribution is 2.27. The van der Waals surface area contributed by atoms with E-state index in [4.69, 9.17) is 0 Å². The first-order chi connectivity index (χ1) is 23.5. The van der Waals surface area contributed by atoms with Gasteiger partial charge in [-0.2, -0.15) is 0 Å². The van der Waals surface area contributed by atoms with Crippen molar-refractivity contribution in [3.05, 3.63) is 101 Å². The molecule has 4 aromatic heterocycles. The van der Waals surface area contributed by atoms with E-state index in [0.29, 0.717) is 17.8 Å². The standard InChI is InChI=1S/C15H21N.C12H15N.C10H12N2.4C2H6.2H2/c1-10(2)12-6-7-14-13(8-12)9-15(11(3)4)16(14)5;1-8(2)10-4-5-12-11(7-10)6-9(3)13-12;1-3-9-5-8-4-7(2)11-6-10(8)12-9;4*1-2;;/h6-11H,1-5H3;4-8,13H,1-3H3;4-6,12H,3H2,1-2H3;4*1-2H3;2*1H. The molecule has 0 aliphatic heterocycles. The van der Waals surface area contributed by atoms with Crippen molar-refractivity contribution in [2.24, 2.45) is 7.05 Å². The molecule has 2 aromatic carbocycles. The number of nitrogens with zero attached hydrogens (tertiary/aromatic N) is 2. The van der Waals surface area contributed by atoms with E-state index >= 15 is 0 Å². The van der Waals surface area contributed by atoms with Crippen LogP contribution in [0.5, 0.6) is 0 Å². The number of aromatic nitrogens is 4. The Bertz CT molecular complexity index is 1750. The lowest BCUT2D eigenvalue weighted by Gasteiger charge is -2.07. The molecule has 0 aliphatic rings. The number of aromatic amines is 2. The van der Waals surface area contributed by atoms with Gasteiger partial charge < -0.3 is 14.5 Å². The number of hydrogen-bond donors (Lipinski definition) is 2. The van der Waals surface area contributed by atoms with E-state index in [1.165, 1.54) is 55.4 Å². The third-order valence-corrected chi connectivity index (χ3v) is 7.89. The normalized spacial score (nSPS) is 10.1. The lowest BCUT2D eigenvalue weighted by atomic mass is 10.0. The van der Waals surface area contributed by atoms with E-state index in [9.17, 15) is 0 Å². The molecular formula is C45H76N4. The second-order valence-electron chi connectivity index (χ2n) is 12.3. The largest absolute Gasteiger partial charge is 0.359 e. The van der Waals surface area contributed by atoms with Crippen LogP contribution in [0.4, 0.5) is 0 Å². The van der Waals surface area contributed by atoms with Gasteiger partial charge in [-0.25, -0.2) is 0 Å². The van der Waals surface area contributed by atoms with Gasteiger partial charge in [-0.15, -0.1) is 0 Å². The van der Waals surface area contributed by atoms with E-state index in [-0.39, 0.29) is 2.85 Å². The zero-order valence-corrected chi connectivity index (χ0v) is 34.7. The third-order valence-electron chi connectivity index (χ3n) is 7.89. The Kier molecular flexibility index (Phi) is 21.7. The van der Waals surface area contributed by atoms with E-state index in [1.54, 1.807) is 0 Å². The van der Waals surface area contributed by atoms with Gasteiger partial charge in [-0.05, 0) is 103 Å². The molecule has 6 rings (SSSR count). The monoisotopic (exact) mass is 673 g/mol. The number of nitrogens with one attached hydrogen (secondary N) is 2. The molecule has 0 radical (unpaired) electrons. The molecule has 0 fully saturated rings. The summed E-state index contributed by atoms with van der Waals surface area (Å²) >= 11 is 0. The number of fused-ring (bicyclic) bond motifs is 3.